The van der Waals surface area contributed by atoms with Gasteiger partial charge in [-0.25, -0.2) is 0 Å². The number of nitrogens with one attached hydrogen (secondary N) is 1. The number of thiophene rings is 1. The maximum atomic E-state index is 8.55. The standard InChI is InChI=1S/C9H10N2S/c1-11-4-2-3-8-5-9(6-10)12-7-8/h2-3,5,7,11H,4H2,1H3. The number of hydrogen-bond acceptors (Lipinski definition) is 3. The number of nitriles is 1. The highest BCUT2D eigenvalue weighted by molar-refractivity contribution is 7.10. The molecular formula is C9H10N2S. The van der Waals surface area contributed by atoms with Crippen molar-refractivity contribution in [3.63, 3.8) is 0 Å². The van der Waals surface area contributed by atoms with E-state index in [2.05, 4.69) is 11.4 Å². The smallest absolute Gasteiger partial charge is 0.110 e. The Labute approximate surface area is 76.1 Å². The van der Waals surface area contributed by atoms with Crippen molar-refractivity contribution in [2.24, 2.45) is 0 Å². The lowest BCUT2D eigenvalue weighted by atomic mass is 10.3. The quantitative estimate of drug-likeness (QED) is 0.766. The van der Waals surface area contributed by atoms with E-state index in [9.17, 15) is 0 Å². The molecule has 0 aliphatic heterocycles. The van der Waals surface area contributed by atoms with Crippen LogP contribution < -0.4 is 5.32 Å². The topological polar surface area (TPSA) is 35.8 Å². The molecule has 1 heterocycles. The van der Waals surface area contributed by atoms with Crippen LogP contribution in [-0.2, 0) is 0 Å². The van der Waals surface area contributed by atoms with E-state index >= 15 is 0 Å². The predicted octanol–water partition coefficient (Wildman–Crippen LogP) is 1.85. The fraction of sp³-hybridized carbons (Fsp3) is 0.222. The molecule has 12 heavy (non-hydrogen) atoms. The molecule has 3 heteroatoms. The van der Waals surface area contributed by atoms with Gasteiger partial charge in [-0.15, -0.1) is 11.3 Å². The summed E-state index contributed by atoms with van der Waals surface area (Å²) >= 11 is 1.47. The first-order valence-corrected chi connectivity index (χ1v) is 4.54. The van der Waals surface area contributed by atoms with Crippen LogP contribution in [-0.4, -0.2) is 13.6 Å². The summed E-state index contributed by atoms with van der Waals surface area (Å²) < 4.78 is 0. The molecule has 0 amide bonds. The Kier molecular flexibility index (Phi) is 3.52. The van der Waals surface area contributed by atoms with Crippen LogP contribution in [0.3, 0.4) is 0 Å². The Morgan fingerprint density at radius 3 is 3.17 bits per heavy atom. The summed E-state index contributed by atoms with van der Waals surface area (Å²) in [6.45, 7) is 0.859. The van der Waals surface area contributed by atoms with E-state index in [0.29, 0.717) is 0 Å². The molecule has 0 fully saturated rings. The van der Waals surface area contributed by atoms with E-state index in [1.54, 1.807) is 0 Å². The first kappa shape index (κ1) is 8.98. The van der Waals surface area contributed by atoms with Crippen LogP contribution in [0.1, 0.15) is 10.4 Å². The summed E-state index contributed by atoms with van der Waals surface area (Å²) in [7, 11) is 1.90. The Morgan fingerprint density at radius 1 is 1.75 bits per heavy atom. The third-order valence-corrected chi connectivity index (χ3v) is 2.22. The summed E-state index contributed by atoms with van der Waals surface area (Å²) in [6.07, 6.45) is 4.04. The molecule has 0 atom stereocenters. The van der Waals surface area contributed by atoms with Gasteiger partial charge in [0.15, 0.2) is 0 Å². The van der Waals surface area contributed by atoms with Gasteiger partial charge in [-0.3, -0.25) is 0 Å². The maximum absolute atomic E-state index is 8.55. The van der Waals surface area contributed by atoms with E-state index in [0.717, 1.165) is 17.0 Å². The third-order valence-electron chi connectivity index (χ3n) is 1.36. The monoisotopic (exact) mass is 178 g/mol. The van der Waals surface area contributed by atoms with Crippen molar-refractivity contribution >= 4 is 17.4 Å². The lowest BCUT2D eigenvalue weighted by Crippen LogP contribution is -2.03. The van der Waals surface area contributed by atoms with Gasteiger partial charge in [-0.2, -0.15) is 5.26 Å². The minimum absolute atomic E-state index is 0.763. The molecular weight excluding hydrogens is 168 g/mol. The van der Waals surface area contributed by atoms with E-state index < -0.39 is 0 Å². The Morgan fingerprint density at radius 2 is 2.58 bits per heavy atom. The van der Waals surface area contributed by atoms with Gasteiger partial charge in [0.1, 0.15) is 10.9 Å². The zero-order valence-corrected chi connectivity index (χ0v) is 7.69. The van der Waals surface area contributed by atoms with Crippen molar-refractivity contribution < 1.29 is 0 Å². The zero-order chi connectivity index (χ0) is 8.81. The normalized spacial score (nSPS) is 10.3. The average Bonchev–Trinajstić information content (AvgIpc) is 2.53. The highest BCUT2D eigenvalue weighted by Crippen LogP contribution is 2.14. The minimum atomic E-state index is 0.763. The number of likely N-dealkylation sites (N-methyl/N-ethyl adjacent to an activating group) is 1. The lowest BCUT2D eigenvalue weighted by molar-refractivity contribution is 0.922. The fourth-order valence-electron chi connectivity index (χ4n) is 0.810. The van der Waals surface area contributed by atoms with Gasteiger partial charge in [-0.1, -0.05) is 12.2 Å². The van der Waals surface area contributed by atoms with Crippen molar-refractivity contribution in [3.05, 3.63) is 28.0 Å². The molecule has 0 bridgehead atoms. The number of hydrogen-bond donors (Lipinski definition) is 1. The Bertz CT molecular complexity index is 307. The van der Waals surface area contributed by atoms with Gasteiger partial charge >= 0.3 is 0 Å². The minimum Gasteiger partial charge on any atom is -0.316 e. The molecule has 0 unspecified atom stereocenters. The Hall–Kier alpha value is -1.11. The van der Waals surface area contributed by atoms with Gasteiger partial charge in [0.25, 0.3) is 0 Å². The Balaban J connectivity index is 2.59. The van der Waals surface area contributed by atoms with E-state index in [-0.39, 0.29) is 0 Å². The van der Waals surface area contributed by atoms with Gasteiger partial charge in [-0.05, 0) is 24.1 Å². The summed E-state index contributed by atoms with van der Waals surface area (Å²) in [5.41, 5.74) is 1.10. The van der Waals surface area contributed by atoms with Crippen LogP contribution in [0.4, 0.5) is 0 Å². The molecule has 0 radical (unpaired) electrons. The summed E-state index contributed by atoms with van der Waals surface area (Å²) in [6, 6.07) is 3.99. The molecule has 0 spiro atoms. The number of rotatable bonds is 3. The van der Waals surface area contributed by atoms with Crippen molar-refractivity contribution in [2.45, 2.75) is 0 Å². The van der Waals surface area contributed by atoms with Gasteiger partial charge in [0.05, 0.1) is 0 Å². The molecule has 0 aromatic carbocycles. The van der Waals surface area contributed by atoms with E-state index in [1.807, 2.05) is 30.6 Å². The second-order valence-corrected chi connectivity index (χ2v) is 3.23. The molecule has 2 nitrogen and oxygen atoms in total. The molecule has 0 aliphatic rings. The van der Waals surface area contributed by atoms with Crippen LogP contribution >= 0.6 is 11.3 Å². The van der Waals surface area contributed by atoms with Crippen LogP contribution in [0, 0.1) is 11.3 Å². The van der Waals surface area contributed by atoms with E-state index in [4.69, 9.17) is 5.26 Å². The summed E-state index contributed by atoms with van der Waals surface area (Å²) in [5, 5.41) is 13.5. The molecule has 1 rings (SSSR count). The highest BCUT2D eigenvalue weighted by Gasteiger charge is 1.93. The van der Waals surface area contributed by atoms with E-state index in [1.165, 1.54) is 11.3 Å². The van der Waals surface area contributed by atoms with Gasteiger partial charge in [0, 0.05) is 6.54 Å². The molecule has 62 valence electrons. The first-order chi connectivity index (χ1) is 5.86. The molecule has 0 saturated carbocycles. The van der Waals surface area contributed by atoms with Crippen molar-refractivity contribution in [1.29, 1.82) is 5.26 Å². The highest BCUT2D eigenvalue weighted by atomic mass is 32.1. The third kappa shape index (κ3) is 2.50. The fourth-order valence-corrected chi connectivity index (χ4v) is 1.48. The summed E-state index contributed by atoms with van der Waals surface area (Å²) in [5.74, 6) is 0. The SMILES string of the molecule is CNCC=Cc1csc(C#N)c1. The molecule has 1 aromatic rings. The maximum Gasteiger partial charge on any atom is 0.110 e. The molecule has 0 saturated heterocycles. The summed E-state index contributed by atoms with van der Waals surface area (Å²) in [4.78, 5) is 0.763. The van der Waals surface area contributed by atoms with Crippen LogP contribution in [0.15, 0.2) is 17.5 Å². The number of nitrogens with zero attached hydrogens (tertiary/aromatic N) is 1. The zero-order valence-electron chi connectivity index (χ0n) is 6.87. The van der Waals surface area contributed by atoms with Crippen LogP contribution in [0.5, 0.6) is 0 Å². The molecule has 1 aromatic heterocycles. The molecule has 1 N–H and O–H groups in total. The second kappa shape index (κ2) is 4.70. The molecule has 0 aliphatic carbocycles. The van der Waals surface area contributed by atoms with Crippen molar-refractivity contribution in [3.8, 4) is 6.07 Å². The van der Waals surface area contributed by atoms with Gasteiger partial charge < -0.3 is 5.32 Å². The second-order valence-electron chi connectivity index (χ2n) is 2.32. The average molecular weight is 178 g/mol. The van der Waals surface area contributed by atoms with Crippen LogP contribution in [0.2, 0.25) is 0 Å². The van der Waals surface area contributed by atoms with Crippen molar-refractivity contribution in [1.82, 2.24) is 5.32 Å². The lowest BCUT2D eigenvalue weighted by Gasteiger charge is -1.86. The van der Waals surface area contributed by atoms with Crippen LogP contribution in [0.25, 0.3) is 6.08 Å². The first-order valence-electron chi connectivity index (χ1n) is 3.66. The predicted molar refractivity (Wildman–Crippen MR) is 52.0 cm³/mol. The van der Waals surface area contributed by atoms with Gasteiger partial charge in [0.2, 0.25) is 0 Å². The van der Waals surface area contributed by atoms with Crippen molar-refractivity contribution in [2.75, 3.05) is 13.6 Å². The largest absolute Gasteiger partial charge is 0.316 e.